The molecule has 2 aliphatic rings. The molecule has 6 nitrogen and oxygen atoms in total. The molecule has 0 fully saturated rings. The molecule has 2 aliphatic heterocycles. The zero-order valence-electron chi connectivity index (χ0n) is 10.7. The van der Waals surface area contributed by atoms with Crippen molar-refractivity contribution in [3.63, 3.8) is 0 Å². The van der Waals surface area contributed by atoms with Gasteiger partial charge in [0.25, 0.3) is 0 Å². The monoisotopic (exact) mass is 334 g/mol. The highest BCUT2D eigenvalue weighted by atomic mass is 32.2. The third kappa shape index (κ3) is 2.69. The van der Waals surface area contributed by atoms with Crippen LogP contribution in [0.1, 0.15) is 23.2 Å². The smallest absolute Gasteiger partial charge is 0.108 e. The lowest BCUT2D eigenvalue weighted by molar-refractivity contribution is 0.719. The van der Waals surface area contributed by atoms with Gasteiger partial charge in [-0.05, 0) is 57.9 Å². The third-order valence-corrected chi connectivity index (χ3v) is 5.08. The lowest BCUT2D eigenvalue weighted by Crippen LogP contribution is -2.13. The molecule has 0 bridgehead atoms. The molecule has 9 heteroatoms. The van der Waals surface area contributed by atoms with Crippen LogP contribution in [0.3, 0.4) is 0 Å². The minimum atomic E-state index is 0.117. The number of nitrogens with one attached hydrogen (secondary N) is 1. The number of nitrogens with zero attached hydrogens (tertiary/aromatic N) is 5. The van der Waals surface area contributed by atoms with E-state index in [1.807, 2.05) is 5.38 Å². The van der Waals surface area contributed by atoms with E-state index in [4.69, 9.17) is 0 Å². The fraction of sp³-hybridized carbons (Fsp3) is 0.250. The standard InChI is InChI=1S/C12H10N6S3/c1-7(10-4-19-16-13-10)2-9(12-6-21-18-15-12)3-8(1)11-5-20-17-14-11/h1-5,10,12-13H,6H2/t10-,12+/m1/s1. The largest absolute Gasteiger partial charge is 0.191 e. The van der Waals surface area contributed by atoms with Gasteiger partial charge in [-0.15, -0.1) is 14.1 Å². The first-order valence-electron chi connectivity index (χ1n) is 6.29. The van der Waals surface area contributed by atoms with Crippen LogP contribution in [0.5, 0.6) is 0 Å². The predicted molar refractivity (Wildman–Crippen MR) is 87.1 cm³/mol. The van der Waals surface area contributed by atoms with Gasteiger partial charge < -0.3 is 0 Å². The van der Waals surface area contributed by atoms with E-state index in [0.717, 1.165) is 28.1 Å². The highest BCUT2D eigenvalue weighted by Gasteiger charge is 2.20. The molecule has 3 heterocycles. The maximum absolute atomic E-state index is 4.29. The van der Waals surface area contributed by atoms with Crippen molar-refractivity contribution in [3.05, 3.63) is 34.7 Å². The summed E-state index contributed by atoms with van der Waals surface area (Å²) in [5.41, 5.74) is 7.39. The highest BCUT2D eigenvalue weighted by Crippen LogP contribution is 2.34. The van der Waals surface area contributed by atoms with Gasteiger partial charge in [0.1, 0.15) is 11.7 Å². The number of rotatable bonds is 3. The van der Waals surface area contributed by atoms with E-state index < -0.39 is 0 Å². The van der Waals surface area contributed by atoms with Crippen molar-refractivity contribution in [2.24, 2.45) is 14.1 Å². The first-order chi connectivity index (χ1) is 10.4. The van der Waals surface area contributed by atoms with Crippen LogP contribution in [0, 0.1) is 0 Å². The van der Waals surface area contributed by atoms with Crippen LogP contribution < -0.4 is 5.43 Å². The van der Waals surface area contributed by atoms with Crippen molar-refractivity contribution < 1.29 is 0 Å². The zero-order valence-corrected chi connectivity index (χ0v) is 13.2. The zero-order chi connectivity index (χ0) is 14.1. The molecule has 1 aromatic carbocycles. The quantitative estimate of drug-likeness (QED) is 0.691. The number of hydrogen-bond acceptors (Lipinski definition) is 8. The van der Waals surface area contributed by atoms with Gasteiger partial charge in [-0.25, -0.2) is 0 Å². The van der Waals surface area contributed by atoms with Crippen molar-refractivity contribution >= 4 is 40.0 Å². The van der Waals surface area contributed by atoms with E-state index in [2.05, 4.69) is 52.7 Å². The lowest BCUT2D eigenvalue weighted by atomic mass is 9.97. The van der Waals surface area contributed by atoms with Crippen LogP contribution in [0.4, 0.5) is 0 Å². The molecule has 0 saturated heterocycles. The summed E-state index contributed by atoms with van der Waals surface area (Å²) >= 11 is 4.30. The molecule has 21 heavy (non-hydrogen) atoms. The fourth-order valence-corrected chi connectivity index (χ4v) is 3.93. The molecule has 0 aliphatic carbocycles. The Morgan fingerprint density at radius 1 is 1.19 bits per heavy atom. The van der Waals surface area contributed by atoms with Crippen LogP contribution in [-0.2, 0) is 11.1 Å². The first kappa shape index (κ1) is 13.3. The fourth-order valence-electron chi connectivity index (χ4n) is 2.24. The van der Waals surface area contributed by atoms with Crippen LogP contribution in [-0.4, -0.2) is 20.7 Å². The highest BCUT2D eigenvalue weighted by molar-refractivity contribution is 7.98. The van der Waals surface area contributed by atoms with Gasteiger partial charge in [0.05, 0.1) is 6.04 Å². The van der Waals surface area contributed by atoms with Gasteiger partial charge in [0, 0.05) is 22.1 Å². The topological polar surface area (TPSA) is 74.9 Å². The van der Waals surface area contributed by atoms with Crippen LogP contribution in [0.25, 0.3) is 11.3 Å². The summed E-state index contributed by atoms with van der Waals surface area (Å²) in [6.07, 6.45) is 0. The van der Waals surface area contributed by atoms with E-state index >= 15 is 0 Å². The average Bonchev–Trinajstić information content (AvgIpc) is 3.29. The average molecular weight is 334 g/mol. The SMILES string of the molecule is C1=S=NN[C@H]1c1cc(-c2csnn2)cc([C@@H]2CSN=N2)c1. The third-order valence-electron chi connectivity index (χ3n) is 3.30. The maximum Gasteiger partial charge on any atom is 0.108 e. The molecule has 4 rings (SSSR count). The molecule has 106 valence electrons. The Bertz CT molecular complexity index is 730. The van der Waals surface area contributed by atoms with Gasteiger partial charge in [-0.3, -0.25) is 0 Å². The van der Waals surface area contributed by atoms with Crippen molar-refractivity contribution in [2.45, 2.75) is 12.1 Å². The van der Waals surface area contributed by atoms with Gasteiger partial charge in [0.15, 0.2) is 0 Å². The van der Waals surface area contributed by atoms with Crippen molar-refractivity contribution in [2.75, 3.05) is 5.75 Å². The Labute approximate surface area is 133 Å². The molecule has 1 aromatic heterocycles. The minimum absolute atomic E-state index is 0.117. The second kappa shape index (κ2) is 5.76. The Morgan fingerprint density at radius 2 is 2.14 bits per heavy atom. The molecule has 0 spiro atoms. The van der Waals surface area contributed by atoms with E-state index in [1.54, 1.807) is 0 Å². The summed E-state index contributed by atoms with van der Waals surface area (Å²) in [6, 6.07) is 6.68. The summed E-state index contributed by atoms with van der Waals surface area (Å²) in [5, 5.41) is 12.5. The second-order valence-electron chi connectivity index (χ2n) is 4.63. The number of benzene rings is 1. The van der Waals surface area contributed by atoms with Gasteiger partial charge in [-0.2, -0.15) is 10.5 Å². The first-order valence-corrected chi connectivity index (χ1v) is 8.91. The summed E-state index contributed by atoms with van der Waals surface area (Å²) in [5.74, 6) is 0.888. The van der Waals surface area contributed by atoms with E-state index in [-0.39, 0.29) is 12.1 Å². The summed E-state index contributed by atoms with van der Waals surface area (Å²) in [4.78, 5) is 0. The molecule has 2 atom stereocenters. The van der Waals surface area contributed by atoms with Gasteiger partial charge >= 0.3 is 0 Å². The predicted octanol–water partition coefficient (Wildman–Crippen LogP) is 2.99. The molecule has 2 aromatic rings. The lowest BCUT2D eigenvalue weighted by Gasteiger charge is -2.13. The Kier molecular flexibility index (Phi) is 3.63. The van der Waals surface area contributed by atoms with E-state index in [1.165, 1.54) is 34.6 Å². The summed E-state index contributed by atoms with van der Waals surface area (Å²) in [6.45, 7) is 0. The van der Waals surface area contributed by atoms with E-state index in [9.17, 15) is 0 Å². The Morgan fingerprint density at radius 3 is 2.86 bits per heavy atom. The van der Waals surface area contributed by atoms with Crippen LogP contribution in [0.2, 0.25) is 0 Å². The van der Waals surface area contributed by atoms with Crippen LogP contribution in [0.15, 0.2) is 37.7 Å². The second-order valence-corrected chi connectivity index (χ2v) is 6.66. The van der Waals surface area contributed by atoms with Crippen molar-refractivity contribution in [3.8, 4) is 11.3 Å². The molecule has 1 N–H and O–H groups in total. The number of hydrogen-bond donors (Lipinski definition) is 1. The number of aromatic nitrogens is 2. The molecule has 0 saturated carbocycles. The Balaban J connectivity index is 1.79. The van der Waals surface area contributed by atoms with Crippen molar-refractivity contribution in [1.29, 1.82) is 0 Å². The molecule has 0 unspecified atom stereocenters. The maximum atomic E-state index is 4.29. The summed E-state index contributed by atoms with van der Waals surface area (Å²) in [7, 11) is 0. The Hall–Kier alpha value is -1.42. The molecule has 0 radical (unpaired) electrons. The van der Waals surface area contributed by atoms with Crippen molar-refractivity contribution in [1.82, 2.24) is 15.0 Å². The van der Waals surface area contributed by atoms with Gasteiger partial charge in [-0.1, -0.05) is 10.6 Å². The molecule has 0 amide bonds. The normalized spacial score (nSPS) is 23.6. The van der Waals surface area contributed by atoms with E-state index in [0.29, 0.717) is 0 Å². The minimum Gasteiger partial charge on any atom is -0.191 e. The van der Waals surface area contributed by atoms with Crippen LogP contribution >= 0.6 is 23.5 Å². The molecular formula is C12H10N6S3. The van der Waals surface area contributed by atoms with Gasteiger partial charge in [0.2, 0.25) is 0 Å². The molecular weight excluding hydrogens is 324 g/mol. The summed E-state index contributed by atoms with van der Waals surface area (Å²) < 4.78 is 12.1.